The molecule has 4 nitrogen and oxygen atoms in total. The van der Waals surface area contributed by atoms with Crippen LogP contribution >= 0.6 is 0 Å². The zero-order valence-corrected chi connectivity index (χ0v) is 11.6. The van der Waals surface area contributed by atoms with Crippen LogP contribution in [0.25, 0.3) is 0 Å². The Morgan fingerprint density at radius 3 is 2.26 bits per heavy atom. The Bertz CT molecular complexity index is 469. The van der Waals surface area contributed by atoms with E-state index in [1.54, 1.807) is 19.9 Å². The predicted molar refractivity (Wildman–Crippen MR) is 69.2 cm³/mol. The molecule has 0 saturated carbocycles. The molecule has 0 spiro atoms. The molecule has 0 atom stereocenters. The van der Waals surface area contributed by atoms with Crippen LogP contribution in [0.4, 0.5) is 4.39 Å². The van der Waals surface area contributed by atoms with Crippen molar-refractivity contribution >= 4 is 5.97 Å². The van der Waals surface area contributed by atoms with Gasteiger partial charge in [0.1, 0.15) is 5.82 Å². The minimum absolute atomic E-state index is 0.321. The molecule has 0 amide bonds. The third-order valence-electron chi connectivity index (χ3n) is 3.15. The number of carbonyl (C=O) groups is 1. The largest absolute Gasteiger partial charge is 0.493 e. The summed E-state index contributed by atoms with van der Waals surface area (Å²) in [5.74, 6) is -0.555. The number of carboxylic acids is 1. The van der Waals surface area contributed by atoms with Crippen LogP contribution in [0.15, 0.2) is 12.1 Å². The van der Waals surface area contributed by atoms with Gasteiger partial charge in [0.25, 0.3) is 0 Å². The normalized spacial score (nSPS) is 11.2. The average Bonchev–Trinajstić information content (AvgIpc) is 2.36. The predicted octanol–water partition coefficient (Wildman–Crippen LogP) is 2.89. The lowest BCUT2D eigenvalue weighted by atomic mass is 9.86. The number of ether oxygens (including phenoxy) is 2. The Hall–Kier alpha value is -1.78. The van der Waals surface area contributed by atoms with E-state index in [0.717, 1.165) is 0 Å². The summed E-state index contributed by atoms with van der Waals surface area (Å²) in [6, 6.07) is 2.80. The molecule has 0 aliphatic heterocycles. The first-order valence-electron chi connectivity index (χ1n) is 5.95. The number of aryl methyl sites for hydroxylation is 1. The van der Waals surface area contributed by atoms with Gasteiger partial charge in [-0.1, -0.05) is 0 Å². The van der Waals surface area contributed by atoms with Crippen LogP contribution in [-0.2, 0) is 11.2 Å². The molecule has 0 saturated heterocycles. The van der Waals surface area contributed by atoms with Crippen LogP contribution in [0.1, 0.15) is 25.8 Å². The maximum Gasteiger partial charge on any atom is 0.309 e. The molecule has 1 aromatic rings. The second-order valence-corrected chi connectivity index (χ2v) is 4.99. The van der Waals surface area contributed by atoms with Crippen molar-refractivity contribution in [2.75, 3.05) is 14.2 Å². The molecule has 1 aromatic carbocycles. The summed E-state index contributed by atoms with van der Waals surface area (Å²) in [6.07, 6.45) is 0.667. The summed E-state index contributed by atoms with van der Waals surface area (Å²) in [5.41, 5.74) is -0.466. The fourth-order valence-corrected chi connectivity index (χ4v) is 1.64. The maximum absolute atomic E-state index is 13.8. The summed E-state index contributed by atoms with van der Waals surface area (Å²) < 4.78 is 23.9. The fraction of sp³-hybridized carbons (Fsp3) is 0.500. The molecule has 106 valence electrons. The smallest absolute Gasteiger partial charge is 0.309 e. The number of hydrogen-bond acceptors (Lipinski definition) is 3. The van der Waals surface area contributed by atoms with Gasteiger partial charge < -0.3 is 14.6 Å². The molecule has 5 heteroatoms. The van der Waals surface area contributed by atoms with Crippen LogP contribution in [0.2, 0.25) is 0 Å². The van der Waals surface area contributed by atoms with Crippen molar-refractivity contribution in [3.05, 3.63) is 23.5 Å². The molecule has 1 rings (SSSR count). The van der Waals surface area contributed by atoms with Gasteiger partial charge in [0.05, 0.1) is 19.6 Å². The van der Waals surface area contributed by atoms with Gasteiger partial charge in [-0.2, -0.15) is 0 Å². The maximum atomic E-state index is 13.8. The van der Waals surface area contributed by atoms with Crippen molar-refractivity contribution in [1.82, 2.24) is 0 Å². The molecule has 0 aliphatic rings. The number of aliphatic carboxylic acids is 1. The van der Waals surface area contributed by atoms with Gasteiger partial charge in [-0.3, -0.25) is 4.79 Å². The zero-order chi connectivity index (χ0) is 14.6. The van der Waals surface area contributed by atoms with E-state index in [4.69, 9.17) is 14.6 Å². The number of benzene rings is 1. The number of halogens is 1. The SMILES string of the molecule is COc1cc(F)c(CCC(C)(C)C(=O)O)cc1OC. The van der Waals surface area contributed by atoms with E-state index < -0.39 is 17.2 Å². The molecular formula is C14H19FO4. The summed E-state index contributed by atoms with van der Waals surface area (Å²) in [6.45, 7) is 3.24. The standard InChI is InChI=1S/C14H19FO4/c1-14(2,13(16)17)6-5-9-7-11(18-3)12(19-4)8-10(9)15/h7-8H,5-6H2,1-4H3,(H,16,17). The van der Waals surface area contributed by atoms with Gasteiger partial charge in [-0.05, 0) is 38.3 Å². The summed E-state index contributed by atoms with van der Waals surface area (Å²) in [4.78, 5) is 11.0. The Kier molecular flexibility index (Phi) is 4.75. The van der Waals surface area contributed by atoms with Crippen molar-refractivity contribution < 1.29 is 23.8 Å². The third-order valence-corrected chi connectivity index (χ3v) is 3.15. The first-order valence-corrected chi connectivity index (χ1v) is 5.95. The van der Waals surface area contributed by atoms with E-state index in [9.17, 15) is 9.18 Å². The van der Waals surface area contributed by atoms with Gasteiger partial charge >= 0.3 is 5.97 Å². The zero-order valence-electron chi connectivity index (χ0n) is 11.6. The van der Waals surface area contributed by atoms with Gasteiger partial charge in [0.2, 0.25) is 0 Å². The molecule has 1 N–H and O–H groups in total. The van der Waals surface area contributed by atoms with Crippen LogP contribution in [-0.4, -0.2) is 25.3 Å². The van der Waals surface area contributed by atoms with Gasteiger partial charge in [0.15, 0.2) is 11.5 Å². The molecular weight excluding hydrogens is 251 g/mol. The first-order chi connectivity index (χ1) is 8.81. The number of rotatable bonds is 6. The third kappa shape index (κ3) is 3.59. The van der Waals surface area contributed by atoms with Gasteiger partial charge in [0, 0.05) is 6.07 Å². The van der Waals surface area contributed by atoms with Gasteiger partial charge in [-0.25, -0.2) is 4.39 Å². The lowest BCUT2D eigenvalue weighted by molar-refractivity contribution is -0.147. The molecule has 0 aromatic heterocycles. The monoisotopic (exact) mass is 270 g/mol. The van der Waals surface area contributed by atoms with Crippen LogP contribution in [0, 0.1) is 11.2 Å². The lowest BCUT2D eigenvalue weighted by Crippen LogP contribution is -2.24. The lowest BCUT2D eigenvalue weighted by Gasteiger charge is -2.19. The molecule has 0 bridgehead atoms. The average molecular weight is 270 g/mol. The first kappa shape index (κ1) is 15.3. The molecule has 0 unspecified atom stereocenters. The quantitative estimate of drug-likeness (QED) is 0.863. The van der Waals surface area contributed by atoms with Crippen LogP contribution in [0.5, 0.6) is 11.5 Å². The van der Waals surface area contributed by atoms with E-state index in [-0.39, 0.29) is 0 Å². The highest BCUT2D eigenvalue weighted by Gasteiger charge is 2.27. The minimum atomic E-state index is -0.895. The number of carboxylic acid groups (broad SMARTS) is 1. The Balaban J connectivity index is 2.93. The van der Waals surface area contributed by atoms with E-state index in [1.807, 2.05) is 0 Å². The molecule has 0 heterocycles. The fourth-order valence-electron chi connectivity index (χ4n) is 1.64. The Morgan fingerprint density at radius 2 is 1.79 bits per heavy atom. The Labute approximate surface area is 112 Å². The van der Waals surface area contributed by atoms with Crippen molar-refractivity contribution in [1.29, 1.82) is 0 Å². The van der Waals surface area contributed by atoms with Crippen LogP contribution in [0.3, 0.4) is 0 Å². The molecule has 0 aliphatic carbocycles. The number of hydrogen-bond donors (Lipinski definition) is 1. The summed E-state index contributed by atoms with van der Waals surface area (Å²) in [7, 11) is 2.91. The summed E-state index contributed by atoms with van der Waals surface area (Å²) >= 11 is 0. The molecule has 19 heavy (non-hydrogen) atoms. The van der Waals surface area contributed by atoms with Gasteiger partial charge in [-0.15, -0.1) is 0 Å². The van der Waals surface area contributed by atoms with Crippen molar-refractivity contribution in [3.63, 3.8) is 0 Å². The van der Waals surface area contributed by atoms with E-state index in [2.05, 4.69) is 0 Å². The highest BCUT2D eigenvalue weighted by atomic mass is 19.1. The summed E-state index contributed by atoms with van der Waals surface area (Å²) in [5, 5.41) is 9.03. The molecule has 0 fully saturated rings. The van der Waals surface area contributed by atoms with Crippen LogP contribution < -0.4 is 9.47 Å². The van der Waals surface area contributed by atoms with E-state index in [0.29, 0.717) is 29.9 Å². The highest BCUT2D eigenvalue weighted by molar-refractivity contribution is 5.73. The second kappa shape index (κ2) is 5.91. The number of methoxy groups -OCH3 is 2. The second-order valence-electron chi connectivity index (χ2n) is 4.99. The minimum Gasteiger partial charge on any atom is -0.493 e. The Morgan fingerprint density at radius 1 is 1.26 bits per heavy atom. The topological polar surface area (TPSA) is 55.8 Å². The van der Waals surface area contributed by atoms with Crippen molar-refractivity contribution in [2.45, 2.75) is 26.7 Å². The molecule has 0 radical (unpaired) electrons. The van der Waals surface area contributed by atoms with Crippen molar-refractivity contribution in [2.24, 2.45) is 5.41 Å². The van der Waals surface area contributed by atoms with Crippen molar-refractivity contribution in [3.8, 4) is 11.5 Å². The van der Waals surface area contributed by atoms with E-state index in [1.165, 1.54) is 20.3 Å². The highest BCUT2D eigenvalue weighted by Crippen LogP contribution is 2.32. The van der Waals surface area contributed by atoms with E-state index >= 15 is 0 Å².